The number of piperidine rings is 1. The van der Waals surface area contributed by atoms with Crippen LogP contribution in [-0.4, -0.2) is 13.1 Å². The van der Waals surface area contributed by atoms with Crippen molar-refractivity contribution in [3.63, 3.8) is 0 Å². The molecule has 1 heterocycles. The van der Waals surface area contributed by atoms with Gasteiger partial charge in [-0.2, -0.15) is 0 Å². The largest absolute Gasteiger partial charge is 0.399 e. The molecule has 2 nitrogen and oxygen atoms in total. The Kier molecular flexibility index (Phi) is 3.65. The summed E-state index contributed by atoms with van der Waals surface area (Å²) >= 11 is 9.81. The van der Waals surface area contributed by atoms with Gasteiger partial charge in [0.15, 0.2) is 0 Å². The number of nitrogen functional groups attached to an aromatic ring is 1. The molecule has 2 N–H and O–H groups in total. The monoisotopic (exact) mass is 302 g/mol. The molecule has 0 radical (unpaired) electrons. The number of nitrogens with zero attached hydrogens (tertiary/aromatic N) is 1. The van der Waals surface area contributed by atoms with Crippen LogP contribution in [0.1, 0.15) is 19.8 Å². The quantitative estimate of drug-likeness (QED) is 0.797. The molecule has 0 unspecified atom stereocenters. The summed E-state index contributed by atoms with van der Waals surface area (Å²) in [5, 5.41) is 0.737. The zero-order valence-electron chi connectivity index (χ0n) is 9.34. The van der Waals surface area contributed by atoms with Crippen LogP contribution in [0.4, 0.5) is 11.4 Å². The van der Waals surface area contributed by atoms with Crippen molar-refractivity contribution >= 4 is 38.9 Å². The fraction of sp³-hybridized carbons (Fsp3) is 0.500. The highest BCUT2D eigenvalue weighted by molar-refractivity contribution is 9.10. The van der Waals surface area contributed by atoms with Gasteiger partial charge in [0, 0.05) is 23.2 Å². The summed E-state index contributed by atoms with van der Waals surface area (Å²) in [5.41, 5.74) is 7.54. The van der Waals surface area contributed by atoms with Crippen LogP contribution >= 0.6 is 27.5 Å². The van der Waals surface area contributed by atoms with Gasteiger partial charge in [-0.15, -0.1) is 0 Å². The number of rotatable bonds is 1. The van der Waals surface area contributed by atoms with E-state index in [2.05, 4.69) is 27.8 Å². The van der Waals surface area contributed by atoms with E-state index in [1.807, 2.05) is 12.1 Å². The van der Waals surface area contributed by atoms with E-state index in [-0.39, 0.29) is 0 Å². The highest BCUT2D eigenvalue weighted by Gasteiger charge is 2.20. The van der Waals surface area contributed by atoms with Crippen molar-refractivity contribution in [2.24, 2.45) is 5.92 Å². The maximum Gasteiger partial charge on any atom is 0.0701 e. The lowest BCUT2D eigenvalue weighted by Crippen LogP contribution is -2.34. The molecule has 16 heavy (non-hydrogen) atoms. The minimum absolute atomic E-state index is 0.700. The lowest BCUT2D eigenvalue weighted by molar-refractivity contribution is 0.446. The molecule has 2 rings (SSSR count). The van der Waals surface area contributed by atoms with Crippen molar-refractivity contribution in [2.45, 2.75) is 19.8 Å². The van der Waals surface area contributed by atoms with Crippen LogP contribution in [0.2, 0.25) is 5.02 Å². The molecule has 88 valence electrons. The Bertz CT molecular complexity index is 372. The summed E-state index contributed by atoms with van der Waals surface area (Å²) < 4.78 is 0.992. The van der Waals surface area contributed by atoms with Crippen molar-refractivity contribution < 1.29 is 0 Å². The molecule has 1 fully saturated rings. The molecule has 0 aromatic heterocycles. The van der Waals surface area contributed by atoms with Gasteiger partial charge in [0.2, 0.25) is 0 Å². The zero-order chi connectivity index (χ0) is 11.7. The van der Waals surface area contributed by atoms with E-state index in [9.17, 15) is 0 Å². The molecule has 0 spiro atoms. The number of hydrogen-bond donors (Lipinski definition) is 1. The first-order chi connectivity index (χ1) is 7.58. The topological polar surface area (TPSA) is 29.3 Å². The fourth-order valence-corrected chi connectivity index (χ4v) is 3.47. The summed E-state index contributed by atoms with van der Waals surface area (Å²) in [5.74, 6) is 0.731. The van der Waals surface area contributed by atoms with Gasteiger partial charge in [-0.25, -0.2) is 0 Å². The van der Waals surface area contributed by atoms with Crippen molar-refractivity contribution in [3.8, 4) is 0 Å². The van der Waals surface area contributed by atoms with Crippen molar-refractivity contribution in [1.82, 2.24) is 0 Å². The molecule has 4 heteroatoms. The average Bonchev–Trinajstić information content (AvgIpc) is 2.15. The molecule has 1 aliphatic heterocycles. The third kappa shape index (κ3) is 2.46. The maximum absolute atomic E-state index is 6.26. The van der Waals surface area contributed by atoms with Gasteiger partial charge in [0.25, 0.3) is 0 Å². The van der Waals surface area contributed by atoms with Gasteiger partial charge >= 0.3 is 0 Å². The van der Waals surface area contributed by atoms with Crippen LogP contribution < -0.4 is 10.6 Å². The SMILES string of the molecule is C[C@H]1CCCN(c2c(Cl)cc(N)cc2Br)C1. The van der Waals surface area contributed by atoms with Crippen LogP contribution in [-0.2, 0) is 0 Å². The molecular weight excluding hydrogens is 288 g/mol. The lowest BCUT2D eigenvalue weighted by Gasteiger charge is -2.34. The zero-order valence-corrected chi connectivity index (χ0v) is 11.7. The maximum atomic E-state index is 6.26. The highest BCUT2D eigenvalue weighted by atomic mass is 79.9. The summed E-state index contributed by atoms with van der Waals surface area (Å²) in [7, 11) is 0. The third-order valence-electron chi connectivity index (χ3n) is 3.01. The van der Waals surface area contributed by atoms with Crippen LogP contribution in [0.25, 0.3) is 0 Å². The first-order valence-electron chi connectivity index (χ1n) is 5.57. The number of benzene rings is 1. The van der Waals surface area contributed by atoms with E-state index >= 15 is 0 Å². The van der Waals surface area contributed by atoms with Crippen molar-refractivity contribution in [1.29, 1.82) is 0 Å². The number of anilines is 2. The van der Waals surface area contributed by atoms with Crippen LogP contribution in [0.5, 0.6) is 0 Å². The first-order valence-corrected chi connectivity index (χ1v) is 6.74. The smallest absolute Gasteiger partial charge is 0.0701 e. The van der Waals surface area contributed by atoms with Gasteiger partial charge < -0.3 is 10.6 Å². The third-order valence-corrected chi connectivity index (χ3v) is 3.91. The molecule has 0 bridgehead atoms. The molecule has 1 atom stereocenters. The molecule has 0 saturated carbocycles. The van der Waals surface area contributed by atoms with Gasteiger partial charge in [-0.05, 0) is 46.8 Å². The standard InChI is InChI=1S/C12H16BrClN2/c1-8-3-2-4-16(7-8)12-10(13)5-9(15)6-11(12)14/h5-6,8H,2-4,7,15H2,1H3/t8-/m0/s1. The fourth-order valence-electron chi connectivity index (χ4n) is 2.28. The summed E-state index contributed by atoms with van der Waals surface area (Å²) in [6, 6.07) is 3.74. The number of hydrogen-bond acceptors (Lipinski definition) is 2. The Hall–Kier alpha value is -0.410. The first kappa shape index (κ1) is 12.1. The second-order valence-electron chi connectivity index (χ2n) is 4.53. The minimum Gasteiger partial charge on any atom is -0.399 e. The minimum atomic E-state index is 0.700. The van der Waals surface area contributed by atoms with Gasteiger partial charge in [0.1, 0.15) is 0 Å². The Morgan fingerprint density at radius 3 is 2.88 bits per heavy atom. The van der Waals surface area contributed by atoms with Crippen molar-refractivity contribution in [3.05, 3.63) is 21.6 Å². The Morgan fingerprint density at radius 2 is 2.25 bits per heavy atom. The molecule has 1 aromatic rings. The predicted molar refractivity (Wildman–Crippen MR) is 74.2 cm³/mol. The van der Waals surface area contributed by atoms with Crippen LogP contribution in [0.3, 0.4) is 0 Å². The molecule has 1 aromatic carbocycles. The molecule has 0 amide bonds. The number of nitrogens with two attached hydrogens (primary N) is 1. The lowest BCUT2D eigenvalue weighted by atomic mass is 10.00. The van der Waals surface area contributed by atoms with Crippen molar-refractivity contribution in [2.75, 3.05) is 23.7 Å². The summed E-state index contributed by atoms with van der Waals surface area (Å²) in [6.07, 6.45) is 2.54. The van der Waals surface area contributed by atoms with E-state index in [0.29, 0.717) is 5.69 Å². The van der Waals surface area contributed by atoms with Gasteiger partial charge in [-0.3, -0.25) is 0 Å². The van der Waals surface area contributed by atoms with Crippen LogP contribution in [0.15, 0.2) is 16.6 Å². The molecule has 1 aliphatic rings. The molecular formula is C12H16BrClN2. The second-order valence-corrected chi connectivity index (χ2v) is 5.79. The molecule has 0 aliphatic carbocycles. The Balaban J connectivity index is 2.32. The summed E-state index contributed by atoms with van der Waals surface area (Å²) in [6.45, 7) is 4.43. The predicted octanol–water partition coefficient (Wildman–Crippen LogP) is 3.92. The summed E-state index contributed by atoms with van der Waals surface area (Å²) in [4.78, 5) is 2.35. The second kappa shape index (κ2) is 4.84. The Morgan fingerprint density at radius 1 is 1.50 bits per heavy atom. The van der Waals surface area contributed by atoms with Crippen LogP contribution in [0, 0.1) is 5.92 Å². The van der Waals surface area contributed by atoms with Gasteiger partial charge in [-0.1, -0.05) is 18.5 Å². The van der Waals surface area contributed by atoms with E-state index in [4.69, 9.17) is 17.3 Å². The van der Waals surface area contributed by atoms with E-state index in [0.717, 1.165) is 34.2 Å². The van der Waals surface area contributed by atoms with E-state index < -0.39 is 0 Å². The highest BCUT2D eigenvalue weighted by Crippen LogP contribution is 2.37. The van der Waals surface area contributed by atoms with E-state index in [1.165, 1.54) is 12.8 Å². The van der Waals surface area contributed by atoms with Gasteiger partial charge in [0.05, 0.1) is 10.7 Å². The number of halogens is 2. The average molecular weight is 304 g/mol. The normalized spacial score (nSPS) is 21.2. The Labute approximate surface area is 110 Å². The molecule has 1 saturated heterocycles. The van der Waals surface area contributed by atoms with E-state index in [1.54, 1.807) is 0 Å².